The Balaban J connectivity index is 1.65. The van der Waals surface area contributed by atoms with E-state index in [-0.39, 0.29) is 11.6 Å². The maximum Gasteiger partial charge on any atom is 0.282 e. The van der Waals surface area contributed by atoms with E-state index < -0.39 is 5.91 Å². The van der Waals surface area contributed by atoms with Crippen molar-refractivity contribution in [3.05, 3.63) is 94.8 Å². The van der Waals surface area contributed by atoms with Crippen molar-refractivity contribution in [3.63, 3.8) is 0 Å². The third kappa shape index (κ3) is 3.17. The fourth-order valence-corrected chi connectivity index (χ4v) is 4.57. The third-order valence-corrected chi connectivity index (χ3v) is 6.11. The Morgan fingerprint density at radius 1 is 0.839 bits per heavy atom. The van der Waals surface area contributed by atoms with Crippen molar-refractivity contribution in [3.8, 4) is 5.75 Å². The lowest BCUT2D eigenvalue weighted by molar-refractivity contribution is -0.120. The van der Waals surface area contributed by atoms with Gasteiger partial charge in [-0.05, 0) is 35.0 Å². The number of imide groups is 1. The summed E-state index contributed by atoms with van der Waals surface area (Å²) in [6.07, 6.45) is 0. The molecule has 4 aromatic rings. The summed E-state index contributed by atoms with van der Waals surface area (Å²) in [4.78, 5) is 29.0. The Hall–Kier alpha value is -3.90. The Morgan fingerprint density at radius 3 is 2.42 bits per heavy atom. The smallest absolute Gasteiger partial charge is 0.282 e. The van der Waals surface area contributed by atoms with Crippen LogP contribution in [0.5, 0.6) is 5.75 Å². The molecule has 0 unspecified atom stereocenters. The van der Waals surface area contributed by atoms with Gasteiger partial charge in [0, 0.05) is 16.0 Å². The van der Waals surface area contributed by atoms with Gasteiger partial charge in [-0.15, -0.1) is 11.3 Å². The highest BCUT2D eigenvalue weighted by molar-refractivity contribution is 7.11. The Bertz CT molecular complexity index is 1340. The largest absolute Gasteiger partial charge is 0.495 e. The first kappa shape index (κ1) is 19.1. The van der Waals surface area contributed by atoms with Gasteiger partial charge in [0.1, 0.15) is 11.4 Å². The van der Waals surface area contributed by atoms with Gasteiger partial charge < -0.3 is 10.1 Å². The number of carbonyl (C=O) groups is 2. The molecule has 0 saturated heterocycles. The van der Waals surface area contributed by atoms with Crippen LogP contribution >= 0.6 is 11.3 Å². The molecule has 0 atom stereocenters. The van der Waals surface area contributed by atoms with Gasteiger partial charge >= 0.3 is 0 Å². The van der Waals surface area contributed by atoms with Crippen LogP contribution < -0.4 is 15.0 Å². The van der Waals surface area contributed by atoms with Gasteiger partial charge in [-0.3, -0.25) is 9.59 Å². The minimum atomic E-state index is -0.411. The number of methoxy groups -OCH3 is 1. The van der Waals surface area contributed by atoms with Crippen LogP contribution in [0.15, 0.2) is 89.9 Å². The van der Waals surface area contributed by atoms with E-state index in [1.165, 1.54) is 23.3 Å². The highest BCUT2D eigenvalue weighted by atomic mass is 32.1. The van der Waals surface area contributed by atoms with Crippen molar-refractivity contribution < 1.29 is 14.3 Å². The molecule has 31 heavy (non-hydrogen) atoms. The molecule has 0 fully saturated rings. The van der Waals surface area contributed by atoms with E-state index in [2.05, 4.69) is 5.32 Å². The summed E-state index contributed by atoms with van der Waals surface area (Å²) in [6, 6.07) is 24.5. The minimum absolute atomic E-state index is 0.259. The number of rotatable bonds is 5. The molecule has 5 nitrogen and oxygen atoms in total. The highest BCUT2D eigenvalue weighted by Gasteiger charge is 2.41. The molecule has 0 aliphatic carbocycles. The van der Waals surface area contributed by atoms with E-state index in [1.807, 2.05) is 60.0 Å². The van der Waals surface area contributed by atoms with Gasteiger partial charge in [-0.25, -0.2) is 4.90 Å². The second-order valence-electron chi connectivity index (χ2n) is 7.00. The first-order chi connectivity index (χ1) is 15.2. The number of hydrogen-bond donors (Lipinski definition) is 1. The number of carbonyl (C=O) groups excluding carboxylic acids is 2. The van der Waals surface area contributed by atoms with Gasteiger partial charge in [0.25, 0.3) is 11.8 Å². The third-order valence-electron chi connectivity index (χ3n) is 5.23. The summed E-state index contributed by atoms with van der Waals surface area (Å²) in [5.74, 6) is -0.327. The molecule has 2 amide bonds. The number of ether oxygens (including phenoxy) is 1. The van der Waals surface area contributed by atoms with Gasteiger partial charge in [0.2, 0.25) is 0 Å². The monoisotopic (exact) mass is 426 g/mol. The Labute approximate surface area is 183 Å². The molecular weight excluding hydrogens is 408 g/mol. The first-order valence-corrected chi connectivity index (χ1v) is 10.6. The first-order valence-electron chi connectivity index (χ1n) is 9.74. The topological polar surface area (TPSA) is 58.6 Å². The standard InChI is InChI=1S/C25H18N2O3S/c1-30-20-13-5-4-12-19(20)27-24(28)22(21-14-7-15-31-21)23(25(27)29)26-18-11-6-9-16-8-2-3-10-17(16)18/h2-15,26H,1H3. The van der Waals surface area contributed by atoms with Crippen LogP contribution in [0.3, 0.4) is 0 Å². The lowest BCUT2D eigenvalue weighted by Gasteiger charge is -2.18. The van der Waals surface area contributed by atoms with Crippen LogP contribution in [-0.2, 0) is 9.59 Å². The molecule has 6 heteroatoms. The zero-order valence-corrected chi connectivity index (χ0v) is 17.5. The fraction of sp³-hybridized carbons (Fsp3) is 0.0400. The molecular formula is C25H18N2O3S. The summed E-state index contributed by atoms with van der Waals surface area (Å²) >= 11 is 1.42. The van der Waals surface area contributed by atoms with Crippen LogP contribution in [0.2, 0.25) is 0 Å². The number of nitrogens with one attached hydrogen (secondary N) is 1. The van der Waals surface area contributed by atoms with Crippen molar-refractivity contribution in [2.45, 2.75) is 0 Å². The molecule has 3 aromatic carbocycles. The number of benzene rings is 3. The van der Waals surface area contributed by atoms with Crippen LogP contribution in [0, 0.1) is 0 Å². The van der Waals surface area contributed by atoms with Crippen LogP contribution in [0.4, 0.5) is 11.4 Å². The summed E-state index contributed by atoms with van der Waals surface area (Å²) in [5, 5.41) is 7.18. The van der Waals surface area contributed by atoms with E-state index in [9.17, 15) is 9.59 Å². The lowest BCUT2D eigenvalue weighted by Crippen LogP contribution is -2.32. The van der Waals surface area contributed by atoms with Gasteiger partial charge in [-0.1, -0.05) is 54.6 Å². The molecule has 0 saturated carbocycles. The number of fused-ring (bicyclic) bond motifs is 1. The van der Waals surface area contributed by atoms with Crippen molar-refractivity contribution in [1.82, 2.24) is 0 Å². The molecule has 0 bridgehead atoms. The molecule has 1 aliphatic rings. The highest BCUT2D eigenvalue weighted by Crippen LogP contribution is 2.39. The zero-order valence-electron chi connectivity index (χ0n) is 16.7. The zero-order chi connectivity index (χ0) is 21.4. The Kier molecular flexibility index (Phi) is 4.76. The fourth-order valence-electron chi connectivity index (χ4n) is 3.80. The maximum absolute atomic E-state index is 13.6. The number of nitrogens with zero attached hydrogens (tertiary/aromatic N) is 1. The molecule has 1 N–H and O–H groups in total. The predicted octanol–water partition coefficient (Wildman–Crippen LogP) is 5.31. The van der Waals surface area contributed by atoms with Crippen molar-refractivity contribution in [2.75, 3.05) is 17.3 Å². The second-order valence-corrected chi connectivity index (χ2v) is 7.94. The van der Waals surface area contributed by atoms with Crippen LogP contribution in [0.25, 0.3) is 16.3 Å². The van der Waals surface area contributed by atoms with Crippen molar-refractivity contribution in [2.24, 2.45) is 0 Å². The second kappa shape index (κ2) is 7.74. The van der Waals surface area contributed by atoms with E-state index in [1.54, 1.807) is 24.3 Å². The van der Waals surface area contributed by atoms with Crippen molar-refractivity contribution >= 4 is 50.9 Å². The number of para-hydroxylation sites is 2. The molecule has 0 radical (unpaired) electrons. The summed E-state index contributed by atoms with van der Waals surface area (Å²) in [5.41, 5.74) is 1.81. The molecule has 0 spiro atoms. The molecule has 1 aliphatic heterocycles. The average molecular weight is 426 g/mol. The van der Waals surface area contributed by atoms with Crippen LogP contribution in [-0.4, -0.2) is 18.9 Å². The van der Waals surface area contributed by atoms with Crippen LogP contribution in [0.1, 0.15) is 4.88 Å². The SMILES string of the molecule is COc1ccccc1N1C(=O)C(Nc2cccc3ccccc23)=C(c2cccs2)C1=O. The number of hydrogen-bond acceptors (Lipinski definition) is 5. The van der Waals surface area contributed by atoms with E-state index >= 15 is 0 Å². The number of thiophene rings is 1. The molecule has 1 aromatic heterocycles. The van der Waals surface area contributed by atoms with E-state index in [0.29, 0.717) is 17.0 Å². The van der Waals surface area contributed by atoms with E-state index in [4.69, 9.17) is 4.74 Å². The summed E-state index contributed by atoms with van der Waals surface area (Å²) in [7, 11) is 1.52. The Morgan fingerprint density at radius 2 is 1.61 bits per heavy atom. The number of amides is 2. The number of anilines is 2. The normalized spacial score (nSPS) is 13.9. The van der Waals surface area contributed by atoms with Crippen molar-refractivity contribution in [1.29, 1.82) is 0 Å². The minimum Gasteiger partial charge on any atom is -0.495 e. The molecule has 5 rings (SSSR count). The molecule has 152 valence electrons. The van der Waals surface area contributed by atoms with Gasteiger partial charge in [-0.2, -0.15) is 0 Å². The van der Waals surface area contributed by atoms with Gasteiger partial charge in [0.05, 0.1) is 18.4 Å². The average Bonchev–Trinajstić information content (AvgIpc) is 3.41. The summed E-state index contributed by atoms with van der Waals surface area (Å²) < 4.78 is 5.41. The maximum atomic E-state index is 13.6. The molecule has 2 heterocycles. The summed E-state index contributed by atoms with van der Waals surface area (Å²) in [6.45, 7) is 0. The predicted molar refractivity (Wildman–Crippen MR) is 124 cm³/mol. The lowest BCUT2D eigenvalue weighted by atomic mass is 10.1. The van der Waals surface area contributed by atoms with Gasteiger partial charge in [0.15, 0.2) is 0 Å². The quantitative estimate of drug-likeness (QED) is 0.440. The van der Waals surface area contributed by atoms with E-state index in [0.717, 1.165) is 21.3 Å².